The number of nitrogens with one attached hydrogen (secondary N) is 1. The maximum absolute atomic E-state index is 5.65. The van der Waals surface area contributed by atoms with Crippen molar-refractivity contribution in [2.45, 2.75) is 46.6 Å². The van der Waals surface area contributed by atoms with Crippen LogP contribution < -0.4 is 5.32 Å². The molecule has 1 unspecified atom stereocenters. The van der Waals surface area contributed by atoms with Gasteiger partial charge in [-0.05, 0) is 32.4 Å². The molecule has 1 aliphatic rings. The van der Waals surface area contributed by atoms with Gasteiger partial charge in [0.25, 0.3) is 0 Å². The summed E-state index contributed by atoms with van der Waals surface area (Å²) in [5.74, 6) is 0.789. The molecule has 1 saturated heterocycles. The van der Waals surface area contributed by atoms with E-state index in [1.165, 1.54) is 19.4 Å². The molecule has 0 aliphatic carbocycles. The first kappa shape index (κ1) is 15.9. The Bertz CT molecular complexity index is 223. The molecule has 0 aromatic heterocycles. The molecule has 3 nitrogen and oxygen atoms in total. The molecule has 0 radical (unpaired) electrons. The lowest BCUT2D eigenvalue weighted by molar-refractivity contribution is 0.115. The molecule has 0 saturated carbocycles. The third-order valence-corrected chi connectivity index (χ3v) is 3.76. The van der Waals surface area contributed by atoms with Crippen LogP contribution in [-0.4, -0.2) is 50.8 Å². The van der Waals surface area contributed by atoms with Gasteiger partial charge in [0, 0.05) is 31.2 Å². The first-order chi connectivity index (χ1) is 8.43. The van der Waals surface area contributed by atoms with E-state index in [4.69, 9.17) is 4.74 Å². The second-order valence-electron chi connectivity index (χ2n) is 6.76. The van der Waals surface area contributed by atoms with Crippen LogP contribution in [0.25, 0.3) is 0 Å². The summed E-state index contributed by atoms with van der Waals surface area (Å²) in [6, 6.07) is 0.559. The zero-order valence-corrected chi connectivity index (χ0v) is 13.0. The van der Waals surface area contributed by atoms with E-state index in [2.05, 4.69) is 45.0 Å². The fraction of sp³-hybridized carbons (Fsp3) is 1.00. The van der Waals surface area contributed by atoms with Crippen molar-refractivity contribution in [1.82, 2.24) is 10.2 Å². The van der Waals surface area contributed by atoms with Gasteiger partial charge in [-0.3, -0.25) is 0 Å². The summed E-state index contributed by atoms with van der Waals surface area (Å²) in [6.07, 6.45) is 2.48. The Kier molecular flexibility index (Phi) is 6.61. The van der Waals surface area contributed by atoms with Crippen molar-refractivity contribution in [2.24, 2.45) is 11.3 Å². The SMILES string of the molecule is CC(C)CCN(C)CC1(CNC(C)C)CCOC1. The van der Waals surface area contributed by atoms with Gasteiger partial charge in [0.2, 0.25) is 0 Å². The molecule has 0 spiro atoms. The van der Waals surface area contributed by atoms with Crippen LogP contribution in [0.15, 0.2) is 0 Å². The molecule has 3 heteroatoms. The molecular weight excluding hydrogens is 224 g/mol. The van der Waals surface area contributed by atoms with E-state index >= 15 is 0 Å². The van der Waals surface area contributed by atoms with E-state index in [0.717, 1.165) is 32.2 Å². The normalized spacial score (nSPS) is 24.7. The number of nitrogens with zero attached hydrogens (tertiary/aromatic N) is 1. The Morgan fingerprint density at radius 1 is 1.28 bits per heavy atom. The van der Waals surface area contributed by atoms with Crippen molar-refractivity contribution in [1.29, 1.82) is 0 Å². The Labute approximate surface area is 113 Å². The largest absolute Gasteiger partial charge is 0.381 e. The second-order valence-corrected chi connectivity index (χ2v) is 6.76. The Morgan fingerprint density at radius 2 is 2.00 bits per heavy atom. The zero-order valence-electron chi connectivity index (χ0n) is 13.0. The summed E-state index contributed by atoms with van der Waals surface area (Å²) in [5, 5.41) is 3.59. The summed E-state index contributed by atoms with van der Waals surface area (Å²) in [5.41, 5.74) is 0.329. The molecule has 0 bridgehead atoms. The molecule has 0 amide bonds. The first-order valence-electron chi connectivity index (χ1n) is 7.43. The van der Waals surface area contributed by atoms with Gasteiger partial charge in [0.15, 0.2) is 0 Å². The van der Waals surface area contributed by atoms with E-state index < -0.39 is 0 Å². The monoisotopic (exact) mass is 256 g/mol. The molecular formula is C15H32N2O. The minimum Gasteiger partial charge on any atom is -0.381 e. The average Bonchev–Trinajstić information content (AvgIpc) is 2.73. The predicted molar refractivity (Wildman–Crippen MR) is 78.0 cm³/mol. The maximum atomic E-state index is 5.65. The Balaban J connectivity index is 2.41. The van der Waals surface area contributed by atoms with Gasteiger partial charge in [-0.15, -0.1) is 0 Å². The molecule has 1 aliphatic heterocycles. The van der Waals surface area contributed by atoms with E-state index in [0.29, 0.717) is 11.5 Å². The highest BCUT2D eigenvalue weighted by Gasteiger charge is 2.35. The fourth-order valence-electron chi connectivity index (χ4n) is 2.52. The predicted octanol–water partition coefficient (Wildman–Crippen LogP) is 2.37. The van der Waals surface area contributed by atoms with Crippen LogP contribution in [0.5, 0.6) is 0 Å². The van der Waals surface area contributed by atoms with Gasteiger partial charge in [-0.1, -0.05) is 27.7 Å². The maximum Gasteiger partial charge on any atom is 0.0547 e. The van der Waals surface area contributed by atoms with E-state index in [1.807, 2.05) is 0 Å². The number of ether oxygens (including phenoxy) is 1. The molecule has 0 aromatic carbocycles. The van der Waals surface area contributed by atoms with Crippen molar-refractivity contribution in [3.8, 4) is 0 Å². The van der Waals surface area contributed by atoms with Crippen molar-refractivity contribution >= 4 is 0 Å². The van der Waals surface area contributed by atoms with Crippen LogP contribution in [-0.2, 0) is 4.74 Å². The highest BCUT2D eigenvalue weighted by Crippen LogP contribution is 2.29. The van der Waals surface area contributed by atoms with Crippen LogP contribution in [0, 0.1) is 11.3 Å². The van der Waals surface area contributed by atoms with Crippen LogP contribution in [0.3, 0.4) is 0 Å². The summed E-state index contributed by atoms with van der Waals surface area (Å²) in [4.78, 5) is 2.48. The molecule has 1 fully saturated rings. The van der Waals surface area contributed by atoms with Crippen molar-refractivity contribution < 1.29 is 4.74 Å². The molecule has 1 heterocycles. The van der Waals surface area contributed by atoms with Gasteiger partial charge in [0.1, 0.15) is 0 Å². The van der Waals surface area contributed by atoms with Crippen molar-refractivity contribution in [3.05, 3.63) is 0 Å². The minimum absolute atomic E-state index is 0.329. The number of rotatable bonds is 8. The van der Waals surface area contributed by atoms with Crippen LogP contribution >= 0.6 is 0 Å². The average molecular weight is 256 g/mol. The second kappa shape index (κ2) is 7.46. The van der Waals surface area contributed by atoms with Gasteiger partial charge in [-0.2, -0.15) is 0 Å². The standard InChI is InChI=1S/C15H32N2O/c1-13(2)6-8-17(5)11-15(7-9-18-12-15)10-16-14(3)4/h13-14,16H,6-12H2,1-5H3. The van der Waals surface area contributed by atoms with E-state index in [9.17, 15) is 0 Å². The quantitative estimate of drug-likeness (QED) is 0.721. The van der Waals surface area contributed by atoms with Gasteiger partial charge in [-0.25, -0.2) is 0 Å². The minimum atomic E-state index is 0.329. The molecule has 18 heavy (non-hydrogen) atoms. The highest BCUT2D eigenvalue weighted by molar-refractivity contribution is 4.88. The lowest BCUT2D eigenvalue weighted by atomic mass is 9.86. The summed E-state index contributed by atoms with van der Waals surface area (Å²) < 4.78 is 5.65. The summed E-state index contributed by atoms with van der Waals surface area (Å²) >= 11 is 0. The topological polar surface area (TPSA) is 24.5 Å². The van der Waals surface area contributed by atoms with Gasteiger partial charge < -0.3 is 15.0 Å². The van der Waals surface area contributed by atoms with E-state index in [-0.39, 0.29) is 0 Å². The molecule has 0 aromatic rings. The van der Waals surface area contributed by atoms with Crippen LogP contribution in [0.1, 0.15) is 40.5 Å². The third kappa shape index (κ3) is 5.68. The highest BCUT2D eigenvalue weighted by atomic mass is 16.5. The smallest absolute Gasteiger partial charge is 0.0547 e. The number of hydrogen-bond donors (Lipinski definition) is 1. The van der Waals surface area contributed by atoms with Crippen LogP contribution in [0.2, 0.25) is 0 Å². The number of hydrogen-bond acceptors (Lipinski definition) is 3. The Hall–Kier alpha value is -0.120. The molecule has 1 rings (SSSR count). The summed E-state index contributed by atoms with van der Waals surface area (Å²) in [6.45, 7) is 14.3. The third-order valence-electron chi connectivity index (χ3n) is 3.76. The van der Waals surface area contributed by atoms with Crippen LogP contribution in [0.4, 0.5) is 0 Å². The van der Waals surface area contributed by atoms with E-state index in [1.54, 1.807) is 0 Å². The molecule has 1 N–H and O–H groups in total. The lowest BCUT2D eigenvalue weighted by Crippen LogP contribution is -2.45. The van der Waals surface area contributed by atoms with Gasteiger partial charge >= 0.3 is 0 Å². The lowest BCUT2D eigenvalue weighted by Gasteiger charge is -2.33. The van der Waals surface area contributed by atoms with Gasteiger partial charge in [0.05, 0.1) is 6.61 Å². The molecule has 1 atom stereocenters. The Morgan fingerprint density at radius 3 is 2.50 bits per heavy atom. The molecule has 108 valence electrons. The fourth-order valence-corrected chi connectivity index (χ4v) is 2.52. The first-order valence-corrected chi connectivity index (χ1v) is 7.43. The van der Waals surface area contributed by atoms with Crippen molar-refractivity contribution in [3.63, 3.8) is 0 Å². The summed E-state index contributed by atoms with van der Waals surface area (Å²) in [7, 11) is 2.25. The zero-order chi connectivity index (χ0) is 13.6. The van der Waals surface area contributed by atoms with Crippen molar-refractivity contribution in [2.75, 3.05) is 39.9 Å².